The maximum absolute atomic E-state index is 12.1. The first-order chi connectivity index (χ1) is 8.95. The van der Waals surface area contributed by atoms with Gasteiger partial charge in [-0.25, -0.2) is 4.79 Å². The van der Waals surface area contributed by atoms with Gasteiger partial charge in [0.2, 0.25) is 0 Å². The van der Waals surface area contributed by atoms with Crippen LogP contribution in [0.5, 0.6) is 0 Å². The fourth-order valence-corrected chi connectivity index (χ4v) is 2.23. The zero-order valence-corrected chi connectivity index (χ0v) is 11.4. The quantitative estimate of drug-likeness (QED) is 0.727. The molecule has 0 bridgehead atoms. The molecule has 1 aliphatic rings. The Morgan fingerprint density at radius 3 is 2.79 bits per heavy atom. The average Bonchev–Trinajstić information content (AvgIpc) is 2.38. The van der Waals surface area contributed by atoms with Gasteiger partial charge in [-0.15, -0.1) is 0 Å². The van der Waals surface area contributed by atoms with Gasteiger partial charge in [-0.05, 0) is 12.8 Å². The van der Waals surface area contributed by atoms with Crippen LogP contribution in [0.1, 0.15) is 12.8 Å². The van der Waals surface area contributed by atoms with Gasteiger partial charge < -0.3 is 24.7 Å². The topological polar surface area (TPSA) is 90.3 Å². The number of aliphatic hydroxyl groups is 1. The predicted molar refractivity (Wildman–Crippen MR) is 67.8 cm³/mol. The molecule has 1 rings (SSSR count). The first-order valence-electron chi connectivity index (χ1n) is 6.35. The number of likely N-dealkylation sites (N-methyl/N-ethyl adjacent to an activating group) is 1. The molecule has 1 unspecified atom stereocenters. The van der Waals surface area contributed by atoms with Crippen molar-refractivity contribution in [1.82, 2.24) is 9.80 Å². The van der Waals surface area contributed by atoms with Gasteiger partial charge in [0.05, 0.1) is 25.2 Å². The molecule has 0 aromatic rings. The number of carbonyl (C=O) groups excluding carboxylic acids is 1. The summed E-state index contributed by atoms with van der Waals surface area (Å²) in [4.78, 5) is 26.0. The second kappa shape index (κ2) is 7.30. The van der Waals surface area contributed by atoms with Crippen molar-refractivity contribution in [3.05, 3.63) is 0 Å². The molecule has 1 fully saturated rings. The molecule has 1 saturated heterocycles. The first kappa shape index (κ1) is 15.7. The number of rotatable bonds is 5. The summed E-state index contributed by atoms with van der Waals surface area (Å²) in [6.07, 6.45) is 0.561. The molecule has 1 aliphatic heterocycles. The number of urea groups is 1. The third-order valence-corrected chi connectivity index (χ3v) is 3.21. The fraction of sp³-hybridized carbons (Fsp3) is 0.833. The van der Waals surface area contributed by atoms with Gasteiger partial charge in [-0.2, -0.15) is 0 Å². The van der Waals surface area contributed by atoms with Crippen molar-refractivity contribution in [2.45, 2.75) is 18.9 Å². The van der Waals surface area contributed by atoms with Gasteiger partial charge in [-0.3, -0.25) is 4.79 Å². The number of likely N-dealkylation sites (tertiary alicyclic amines) is 1. The van der Waals surface area contributed by atoms with E-state index in [1.807, 2.05) is 0 Å². The van der Waals surface area contributed by atoms with Crippen molar-refractivity contribution in [2.75, 3.05) is 40.4 Å². The van der Waals surface area contributed by atoms with Gasteiger partial charge in [0.1, 0.15) is 0 Å². The Bertz CT molecular complexity index is 323. The Morgan fingerprint density at radius 2 is 2.21 bits per heavy atom. The van der Waals surface area contributed by atoms with Crippen molar-refractivity contribution in [3.8, 4) is 0 Å². The van der Waals surface area contributed by atoms with Crippen molar-refractivity contribution < 1.29 is 24.5 Å². The van der Waals surface area contributed by atoms with Crippen LogP contribution in [0.15, 0.2) is 0 Å². The number of hydrogen-bond donors (Lipinski definition) is 2. The van der Waals surface area contributed by atoms with Crippen LogP contribution in [0.4, 0.5) is 4.79 Å². The molecule has 7 nitrogen and oxygen atoms in total. The number of carbonyl (C=O) groups is 2. The molecule has 0 aromatic heterocycles. The fourth-order valence-electron chi connectivity index (χ4n) is 2.23. The van der Waals surface area contributed by atoms with Crippen LogP contribution in [0.2, 0.25) is 0 Å². The second-order valence-electron chi connectivity index (χ2n) is 4.90. The van der Waals surface area contributed by atoms with Crippen molar-refractivity contribution in [3.63, 3.8) is 0 Å². The number of amides is 2. The molecule has 0 aliphatic carbocycles. The van der Waals surface area contributed by atoms with Gasteiger partial charge in [0, 0.05) is 27.2 Å². The summed E-state index contributed by atoms with van der Waals surface area (Å²) in [5, 5.41) is 18.6. The Labute approximate surface area is 112 Å². The standard InChI is InChI=1S/C12H22N2O5/c1-13(7-10(15)8-19-2)12(18)14-5-3-4-9(6-14)11(16)17/h9-10,15H,3-8H2,1-2H3,(H,16,17)/t9-,10?/m0/s1. The lowest BCUT2D eigenvalue weighted by Gasteiger charge is -2.34. The van der Waals surface area contributed by atoms with Crippen LogP contribution >= 0.6 is 0 Å². The number of carboxylic acid groups (broad SMARTS) is 1. The first-order valence-corrected chi connectivity index (χ1v) is 6.35. The number of aliphatic carboxylic acids is 1. The number of methoxy groups -OCH3 is 1. The number of ether oxygens (including phenoxy) is 1. The van der Waals surface area contributed by atoms with Crippen molar-refractivity contribution in [1.29, 1.82) is 0 Å². The molecule has 2 N–H and O–H groups in total. The number of nitrogens with zero attached hydrogens (tertiary/aromatic N) is 2. The van der Waals surface area contributed by atoms with E-state index < -0.39 is 18.0 Å². The molecule has 0 aromatic carbocycles. The van der Waals surface area contributed by atoms with E-state index >= 15 is 0 Å². The lowest BCUT2D eigenvalue weighted by Crippen LogP contribution is -2.49. The van der Waals surface area contributed by atoms with Crippen LogP contribution < -0.4 is 0 Å². The molecule has 0 saturated carbocycles. The zero-order valence-electron chi connectivity index (χ0n) is 11.4. The van der Waals surface area contributed by atoms with E-state index in [4.69, 9.17) is 9.84 Å². The molecule has 7 heteroatoms. The highest BCUT2D eigenvalue weighted by Gasteiger charge is 2.29. The van der Waals surface area contributed by atoms with E-state index in [0.29, 0.717) is 19.4 Å². The van der Waals surface area contributed by atoms with E-state index in [1.165, 1.54) is 16.9 Å². The van der Waals surface area contributed by atoms with E-state index in [0.717, 1.165) is 0 Å². The minimum absolute atomic E-state index is 0.162. The Morgan fingerprint density at radius 1 is 1.53 bits per heavy atom. The van der Waals surface area contributed by atoms with Gasteiger partial charge in [-0.1, -0.05) is 0 Å². The summed E-state index contributed by atoms with van der Waals surface area (Å²) in [6.45, 7) is 1.13. The van der Waals surface area contributed by atoms with Crippen LogP contribution in [-0.4, -0.2) is 78.5 Å². The van der Waals surface area contributed by atoms with Crippen LogP contribution in [0, 0.1) is 5.92 Å². The Kier molecular flexibility index (Phi) is 6.04. The molecule has 2 amide bonds. The molecule has 19 heavy (non-hydrogen) atoms. The SMILES string of the molecule is COCC(O)CN(C)C(=O)N1CCC[C@H](C(=O)O)C1. The van der Waals surface area contributed by atoms with Gasteiger partial charge in [0.25, 0.3) is 0 Å². The van der Waals surface area contributed by atoms with Gasteiger partial charge >= 0.3 is 12.0 Å². The third-order valence-electron chi connectivity index (χ3n) is 3.21. The predicted octanol–water partition coefficient (Wildman–Crippen LogP) is -0.158. The maximum atomic E-state index is 12.1. The number of piperidine rings is 1. The van der Waals surface area contributed by atoms with E-state index in [9.17, 15) is 14.7 Å². The zero-order chi connectivity index (χ0) is 14.4. The van der Waals surface area contributed by atoms with E-state index in [2.05, 4.69) is 0 Å². The summed E-state index contributed by atoms with van der Waals surface area (Å²) in [7, 11) is 3.07. The Hall–Kier alpha value is -1.34. The number of aliphatic hydroxyl groups excluding tert-OH is 1. The Balaban J connectivity index is 2.49. The lowest BCUT2D eigenvalue weighted by molar-refractivity contribution is -0.143. The smallest absolute Gasteiger partial charge is 0.319 e. The van der Waals surface area contributed by atoms with Gasteiger partial charge in [0.15, 0.2) is 0 Å². The highest BCUT2D eigenvalue weighted by atomic mass is 16.5. The summed E-state index contributed by atoms with van der Waals surface area (Å²) < 4.78 is 4.80. The molecule has 0 radical (unpaired) electrons. The van der Waals surface area contributed by atoms with E-state index in [-0.39, 0.29) is 25.7 Å². The summed E-state index contributed by atoms with van der Waals surface area (Å²) >= 11 is 0. The maximum Gasteiger partial charge on any atom is 0.319 e. The van der Waals surface area contributed by atoms with Crippen molar-refractivity contribution in [2.24, 2.45) is 5.92 Å². The average molecular weight is 274 g/mol. The van der Waals surface area contributed by atoms with Crippen LogP contribution in [0.25, 0.3) is 0 Å². The second-order valence-corrected chi connectivity index (χ2v) is 4.90. The molecule has 2 atom stereocenters. The summed E-state index contributed by atoms with van der Waals surface area (Å²) in [5.74, 6) is -1.35. The molecule has 0 spiro atoms. The summed E-state index contributed by atoms with van der Waals surface area (Å²) in [5.41, 5.74) is 0. The molecular formula is C12H22N2O5. The molecular weight excluding hydrogens is 252 g/mol. The monoisotopic (exact) mass is 274 g/mol. The van der Waals surface area contributed by atoms with Crippen molar-refractivity contribution >= 4 is 12.0 Å². The summed E-state index contributed by atoms with van der Waals surface area (Å²) in [6, 6.07) is -0.249. The minimum atomic E-state index is -0.862. The highest BCUT2D eigenvalue weighted by molar-refractivity contribution is 5.76. The highest BCUT2D eigenvalue weighted by Crippen LogP contribution is 2.17. The minimum Gasteiger partial charge on any atom is -0.481 e. The van der Waals surface area contributed by atoms with Crippen LogP contribution in [-0.2, 0) is 9.53 Å². The normalized spacial score (nSPS) is 21.0. The molecule has 110 valence electrons. The number of hydrogen-bond acceptors (Lipinski definition) is 4. The number of carboxylic acids is 1. The third kappa shape index (κ3) is 4.68. The lowest BCUT2D eigenvalue weighted by atomic mass is 9.99. The van der Waals surface area contributed by atoms with Crippen LogP contribution in [0.3, 0.4) is 0 Å². The van der Waals surface area contributed by atoms with E-state index in [1.54, 1.807) is 7.05 Å². The largest absolute Gasteiger partial charge is 0.481 e. The molecule has 1 heterocycles.